The van der Waals surface area contributed by atoms with Gasteiger partial charge in [-0.05, 0) is 19.4 Å². The van der Waals surface area contributed by atoms with E-state index in [4.69, 9.17) is 15.6 Å². The lowest BCUT2D eigenvalue weighted by Gasteiger charge is -2.26. The van der Waals surface area contributed by atoms with Gasteiger partial charge in [0.1, 0.15) is 18.2 Å². The number of rotatable bonds is 8. The maximum Gasteiger partial charge on any atom is 0.320 e. The van der Waals surface area contributed by atoms with Crippen molar-refractivity contribution >= 4 is 5.97 Å². The van der Waals surface area contributed by atoms with Crippen LogP contribution in [0, 0.1) is 0 Å². The van der Waals surface area contributed by atoms with Crippen molar-refractivity contribution in [3.8, 4) is 0 Å². The lowest BCUT2D eigenvalue weighted by Crippen LogP contribution is -2.50. The van der Waals surface area contributed by atoms with Crippen LogP contribution >= 0.6 is 0 Å². The van der Waals surface area contributed by atoms with Crippen molar-refractivity contribution in [3.05, 3.63) is 0 Å². The fraction of sp³-hybridized carbons (Fsp3) is 0.909. The first-order chi connectivity index (χ1) is 8.87. The predicted octanol–water partition coefficient (Wildman–Crippen LogP) is -2.40. The summed E-state index contributed by atoms with van der Waals surface area (Å²) in [7, 11) is 0. The fourth-order valence-electron chi connectivity index (χ4n) is 1.87. The summed E-state index contributed by atoms with van der Waals surface area (Å²) >= 11 is 0. The van der Waals surface area contributed by atoms with Crippen molar-refractivity contribution in [2.75, 3.05) is 19.7 Å². The average Bonchev–Trinajstić information content (AvgIpc) is 2.62. The minimum absolute atomic E-state index is 0.00376. The molecule has 0 amide bonds. The number of hydrogen-bond acceptors (Lipinski definition) is 7. The van der Waals surface area contributed by atoms with E-state index in [9.17, 15) is 20.1 Å². The molecule has 7 N–H and O–H groups in total. The molecule has 8 heteroatoms. The number of carbonyl (C=O) groups is 1. The topological polar surface area (TPSA) is 145 Å². The summed E-state index contributed by atoms with van der Waals surface area (Å²) in [5.41, 5.74) is 5.34. The van der Waals surface area contributed by atoms with Crippen LogP contribution in [0.4, 0.5) is 0 Å². The Morgan fingerprint density at radius 3 is 2.68 bits per heavy atom. The van der Waals surface area contributed by atoms with E-state index in [2.05, 4.69) is 5.32 Å². The molecule has 19 heavy (non-hydrogen) atoms. The second-order valence-corrected chi connectivity index (χ2v) is 4.79. The molecule has 0 aromatic carbocycles. The molecular formula is C11H22N2O6. The zero-order chi connectivity index (χ0) is 14.5. The summed E-state index contributed by atoms with van der Waals surface area (Å²) in [5, 5.41) is 40.1. The highest BCUT2D eigenvalue weighted by atomic mass is 16.7. The maximum atomic E-state index is 10.5. The first kappa shape index (κ1) is 16.3. The standard InChI is InChI=1S/C11H22N2O6/c12-7(10(16)17)3-1-2-4-13-6-11(18)9(15)8(14)5-19-11/h7-9,13-15,18H,1-6,12H2,(H,16,17). The van der Waals surface area contributed by atoms with E-state index >= 15 is 0 Å². The van der Waals surface area contributed by atoms with E-state index in [0.717, 1.165) is 0 Å². The lowest BCUT2D eigenvalue weighted by atomic mass is 10.1. The van der Waals surface area contributed by atoms with Gasteiger partial charge in [-0.2, -0.15) is 0 Å². The molecule has 1 fully saturated rings. The van der Waals surface area contributed by atoms with Crippen LogP contribution in [0.3, 0.4) is 0 Å². The third-order valence-electron chi connectivity index (χ3n) is 3.14. The van der Waals surface area contributed by atoms with Crippen LogP contribution in [0.15, 0.2) is 0 Å². The lowest BCUT2D eigenvalue weighted by molar-refractivity contribution is -0.211. The number of nitrogens with two attached hydrogens (primary N) is 1. The van der Waals surface area contributed by atoms with Crippen molar-refractivity contribution in [1.82, 2.24) is 5.32 Å². The van der Waals surface area contributed by atoms with Gasteiger partial charge in [-0.25, -0.2) is 0 Å². The molecule has 1 rings (SSSR count). The van der Waals surface area contributed by atoms with Gasteiger partial charge < -0.3 is 36.2 Å². The fourth-order valence-corrected chi connectivity index (χ4v) is 1.87. The minimum Gasteiger partial charge on any atom is -0.480 e. The van der Waals surface area contributed by atoms with Gasteiger partial charge in [0.25, 0.3) is 0 Å². The number of carboxylic acids is 1. The SMILES string of the molecule is NC(CCCCNCC1(O)OCC(O)C1O)C(=O)O. The molecular weight excluding hydrogens is 256 g/mol. The van der Waals surface area contributed by atoms with Gasteiger partial charge in [0, 0.05) is 0 Å². The Bertz CT molecular complexity index is 303. The normalized spacial score (nSPS) is 32.4. The van der Waals surface area contributed by atoms with Crippen LogP contribution < -0.4 is 11.1 Å². The number of aliphatic hydroxyl groups is 3. The monoisotopic (exact) mass is 278 g/mol. The van der Waals surface area contributed by atoms with E-state index < -0.39 is 30.0 Å². The van der Waals surface area contributed by atoms with Crippen LogP contribution in [0.2, 0.25) is 0 Å². The zero-order valence-corrected chi connectivity index (χ0v) is 10.7. The number of aliphatic hydroxyl groups excluding tert-OH is 2. The number of nitrogens with one attached hydrogen (secondary N) is 1. The van der Waals surface area contributed by atoms with Gasteiger partial charge >= 0.3 is 5.97 Å². The summed E-state index contributed by atoms with van der Waals surface area (Å²) in [6.45, 7) is 0.420. The van der Waals surface area contributed by atoms with Gasteiger partial charge in [0.2, 0.25) is 5.79 Å². The van der Waals surface area contributed by atoms with Crippen LogP contribution in [0.25, 0.3) is 0 Å². The Labute approximate surface area is 111 Å². The second kappa shape index (κ2) is 7.13. The van der Waals surface area contributed by atoms with Gasteiger partial charge in [-0.15, -0.1) is 0 Å². The smallest absolute Gasteiger partial charge is 0.320 e. The Hall–Kier alpha value is -0.770. The van der Waals surface area contributed by atoms with Crippen molar-refractivity contribution < 1.29 is 30.0 Å². The van der Waals surface area contributed by atoms with Crippen LogP contribution in [-0.2, 0) is 9.53 Å². The number of hydrogen-bond donors (Lipinski definition) is 6. The van der Waals surface area contributed by atoms with Crippen molar-refractivity contribution in [1.29, 1.82) is 0 Å². The molecule has 0 radical (unpaired) electrons. The van der Waals surface area contributed by atoms with E-state index in [0.29, 0.717) is 25.8 Å². The predicted molar refractivity (Wildman–Crippen MR) is 65.2 cm³/mol. The Balaban J connectivity index is 2.10. The molecule has 0 bridgehead atoms. The molecule has 4 unspecified atom stereocenters. The van der Waals surface area contributed by atoms with E-state index in [1.807, 2.05) is 0 Å². The highest BCUT2D eigenvalue weighted by molar-refractivity contribution is 5.72. The van der Waals surface area contributed by atoms with Crippen molar-refractivity contribution in [3.63, 3.8) is 0 Å². The molecule has 1 saturated heterocycles. The van der Waals surface area contributed by atoms with Gasteiger partial charge in [0.05, 0.1) is 13.2 Å². The van der Waals surface area contributed by atoms with Crippen LogP contribution in [0.5, 0.6) is 0 Å². The first-order valence-electron chi connectivity index (χ1n) is 6.28. The largest absolute Gasteiger partial charge is 0.480 e. The highest BCUT2D eigenvalue weighted by Gasteiger charge is 2.47. The third kappa shape index (κ3) is 4.68. The number of aliphatic carboxylic acids is 1. The summed E-state index contributed by atoms with van der Waals surface area (Å²) in [6, 6.07) is -0.848. The first-order valence-corrected chi connectivity index (χ1v) is 6.28. The minimum atomic E-state index is -1.77. The highest BCUT2D eigenvalue weighted by Crippen LogP contribution is 2.23. The van der Waals surface area contributed by atoms with E-state index in [1.54, 1.807) is 0 Å². The molecule has 1 aliphatic rings. The molecule has 0 aromatic heterocycles. The average molecular weight is 278 g/mol. The van der Waals surface area contributed by atoms with E-state index in [1.165, 1.54) is 0 Å². The summed E-state index contributed by atoms with van der Waals surface area (Å²) in [4.78, 5) is 10.5. The Morgan fingerprint density at radius 2 is 2.16 bits per heavy atom. The second-order valence-electron chi connectivity index (χ2n) is 4.79. The third-order valence-corrected chi connectivity index (χ3v) is 3.14. The van der Waals surface area contributed by atoms with Crippen molar-refractivity contribution in [2.24, 2.45) is 5.73 Å². The zero-order valence-electron chi connectivity index (χ0n) is 10.7. The molecule has 112 valence electrons. The molecule has 0 aliphatic carbocycles. The molecule has 0 aromatic rings. The van der Waals surface area contributed by atoms with Gasteiger partial charge in [-0.3, -0.25) is 4.79 Å². The number of carboxylic acid groups (broad SMARTS) is 1. The van der Waals surface area contributed by atoms with E-state index in [-0.39, 0.29) is 13.2 Å². The number of unbranched alkanes of at least 4 members (excludes halogenated alkanes) is 1. The Morgan fingerprint density at radius 1 is 1.47 bits per heavy atom. The molecule has 1 aliphatic heterocycles. The molecule has 8 nitrogen and oxygen atoms in total. The molecule has 4 atom stereocenters. The van der Waals surface area contributed by atoms with Gasteiger partial charge in [0.15, 0.2) is 0 Å². The summed E-state index contributed by atoms with van der Waals surface area (Å²) < 4.78 is 4.94. The molecule has 1 heterocycles. The summed E-state index contributed by atoms with van der Waals surface area (Å²) in [6.07, 6.45) is -0.694. The maximum absolute atomic E-state index is 10.5. The van der Waals surface area contributed by atoms with Crippen LogP contribution in [-0.4, -0.2) is 70.1 Å². The van der Waals surface area contributed by atoms with Crippen molar-refractivity contribution in [2.45, 2.75) is 43.3 Å². The summed E-state index contributed by atoms with van der Waals surface area (Å²) in [5.74, 6) is -2.78. The van der Waals surface area contributed by atoms with Gasteiger partial charge in [-0.1, -0.05) is 6.42 Å². The number of ether oxygens (including phenoxy) is 1. The van der Waals surface area contributed by atoms with Crippen LogP contribution in [0.1, 0.15) is 19.3 Å². The molecule has 0 spiro atoms. The molecule has 0 saturated carbocycles. The quantitative estimate of drug-likeness (QED) is 0.269. The Kier molecular flexibility index (Phi) is 6.11.